The van der Waals surface area contributed by atoms with Crippen LogP contribution in [0.1, 0.15) is 11.1 Å². The molecule has 0 spiro atoms. The summed E-state index contributed by atoms with van der Waals surface area (Å²) in [6.07, 6.45) is 0. The molecule has 0 aliphatic carbocycles. The van der Waals surface area contributed by atoms with Crippen molar-refractivity contribution < 1.29 is 4.79 Å². The summed E-state index contributed by atoms with van der Waals surface area (Å²) in [6, 6.07) is 7.74. The fourth-order valence-electron chi connectivity index (χ4n) is 2.47. The Hall–Kier alpha value is -2.12. The number of carbonyl (C=O) groups is 1. The van der Waals surface area contributed by atoms with Gasteiger partial charge in [0, 0.05) is 12.7 Å². The predicted molar refractivity (Wildman–Crippen MR) is 100 cm³/mol. The Labute approximate surface area is 147 Å². The van der Waals surface area contributed by atoms with Gasteiger partial charge in [0.05, 0.1) is 11.3 Å². The summed E-state index contributed by atoms with van der Waals surface area (Å²) >= 11 is 2.64. The van der Waals surface area contributed by atoms with E-state index in [2.05, 4.69) is 16.4 Å². The van der Waals surface area contributed by atoms with Crippen molar-refractivity contribution in [2.24, 2.45) is 7.05 Å². The van der Waals surface area contributed by atoms with Gasteiger partial charge in [-0.25, -0.2) is 4.98 Å². The SMILES string of the molecule is Cc1cc(C)cc(NC(=O)CSc2nc3ccsc3c(=O)n2C)c1. The van der Waals surface area contributed by atoms with Crippen LogP contribution in [-0.4, -0.2) is 21.2 Å². The molecule has 0 atom stereocenters. The first-order valence-corrected chi connectivity index (χ1v) is 9.26. The molecule has 0 aliphatic heterocycles. The van der Waals surface area contributed by atoms with Crippen molar-refractivity contribution in [3.05, 3.63) is 51.1 Å². The first kappa shape index (κ1) is 16.7. The zero-order chi connectivity index (χ0) is 17.3. The fraction of sp³-hybridized carbons (Fsp3) is 0.235. The second-order valence-electron chi connectivity index (χ2n) is 5.61. The van der Waals surface area contributed by atoms with Crippen molar-refractivity contribution in [3.8, 4) is 0 Å². The number of thioether (sulfide) groups is 1. The molecule has 0 fully saturated rings. The summed E-state index contributed by atoms with van der Waals surface area (Å²) in [6.45, 7) is 3.99. The molecule has 3 rings (SSSR count). The number of amides is 1. The van der Waals surface area contributed by atoms with Gasteiger partial charge in [-0.05, 0) is 48.6 Å². The van der Waals surface area contributed by atoms with E-state index < -0.39 is 0 Å². The molecule has 1 amide bonds. The third kappa shape index (κ3) is 3.52. The molecule has 24 heavy (non-hydrogen) atoms. The number of nitrogens with one attached hydrogen (secondary N) is 1. The molecule has 124 valence electrons. The zero-order valence-electron chi connectivity index (χ0n) is 13.6. The molecule has 3 aromatic rings. The number of nitrogens with zero attached hydrogens (tertiary/aromatic N) is 2. The van der Waals surface area contributed by atoms with Gasteiger partial charge in [-0.1, -0.05) is 17.8 Å². The molecular weight excluding hydrogens is 342 g/mol. The minimum atomic E-state index is -0.121. The Kier molecular flexibility index (Phi) is 4.73. The molecular formula is C17H17N3O2S2. The van der Waals surface area contributed by atoms with E-state index in [4.69, 9.17) is 0 Å². The van der Waals surface area contributed by atoms with Crippen LogP contribution >= 0.6 is 23.1 Å². The highest BCUT2D eigenvalue weighted by atomic mass is 32.2. The Morgan fingerprint density at radius 2 is 2.00 bits per heavy atom. The zero-order valence-corrected chi connectivity index (χ0v) is 15.3. The van der Waals surface area contributed by atoms with Gasteiger partial charge in [-0.3, -0.25) is 14.2 Å². The average molecular weight is 359 g/mol. The van der Waals surface area contributed by atoms with E-state index in [1.54, 1.807) is 7.05 Å². The number of anilines is 1. The van der Waals surface area contributed by atoms with E-state index in [9.17, 15) is 9.59 Å². The lowest BCUT2D eigenvalue weighted by Crippen LogP contribution is -2.20. The quantitative estimate of drug-likeness (QED) is 0.573. The summed E-state index contributed by atoms with van der Waals surface area (Å²) < 4.78 is 2.13. The first-order valence-electron chi connectivity index (χ1n) is 7.39. The number of fused-ring (bicyclic) bond motifs is 1. The highest BCUT2D eigenvalue weighted by Gasteiger charge is 2.12. The van der Waals surface area contributed by atoms with Crippen LogP contribution in [-0.2, 0) is 11.8 Å². The van der Waals surface area contributed by atoms with Crippen molar-refractivity contribution in [2.45, 2.75) is 19.0 Å². The number of aryl methyl sites for hydroxylation is 2. The number of aromatic nitrogens is 2. The topological polar surface area (TPSA) is 64.0 Å². The number of carbonyl (C=O) groups excluding carboxylic acids is 1. The maximum Gasteiger partial charge on any atom is 0.271 e. The number of rotatable bonds is 4. The van der Waals surface area contributed by atoms with Crippen LogP contribution in [0.2, 0.25) is 0 Å². The van der Waals surface area contributed by atoms with Gasteiger partial charge >= 0.3 is 0 Å². The number of benzene rings is 1. The van der Waals surface area contributed by atoms with E-state index in [-0.39, 0.29) is 17.2 Å². The van der Waals surface area contributed by atoms with E-state index in [0.29, 0.717) is 15.4 Å². The maximum absolute atomic E-state index is 12.2. The third-order valence-corrected chi connectivity index (χ3v) is 5.41. The predicted octanol–water partition coefficient (Wildman–Crippen LogP) is 3.34. The Morgan fingerprint density at radius 1 is 1.29 bits per heavy atom. The lowest BCUT2D eigenvalue weighted by Gasteiger charge is -2.09. The highest BCUT2D eigenvalue weighted by Crippen LogP contribution is 2.20. The fourth-order valence-corrected chi connectivity index (χ4v) is 4.05. The highest BCUT2D eigenvalue weighted by molar-refractivity contribution is 7.99. The van der Waals surface area contributed by atoms with Gasteiger partial charge in [-0.15, -0.1) is 11.3 Å². The molecule has 1 aromatic carbocycles. The second-order valence-corrected chi connectivity index (χ2v) is 7.47. The summed E-state index contributed by atoms with van der Waals surface area (Å²) in [5.74, 6) is 0.0767. The van der Waals surface area contributed by atoms with Crippen LogP contribution < -0.4 is 10.9 Å². The standard InChI is InChI=1S/C17H17N3O2S2/c1-10-6-11(2)8-12(7-10)18-14(21)9-24-17-19-13-4-5-23-15(13)16(22)20(17)3/h4-8H,9H2,1-3H3,(H,18,21). The van der Waals surface area contributed by atoms with Crippen molar-refractivity contribution >= 4 is 44.9 Å². The van der Waals surface area contributed by atoms with Gasteiger partial charge in [0.1, 0.15) is 4.70 Å². The van der Waals surface area contributed by atoms with Crippen LogP contribution in [0.4, 0.5) is 5.69 Å². The molecule has 0 radical (unpaired) electrons. The second kappa shape index (κ2) is 6.78. The summed E-state index contributed by atoms with van der Waals surface area (Å²) in [5.41, 5.74) is 3.59. The Balaban J connectivity index is 1.72. The lowest BCUT2D eigenvalue weighted by atomic mass is 10.1. The maximum atomic E-state index is 12.2. The van der Waals surface area contributed by atoms with Crippen LogP contribution in [0, 0.1) is 13.8 Å². The van der Waals surface area contributed by atoms with Crippen molar-refractivity contribution in [1.29, 1.82) is 0 Å². The third-order valence-electron chi connectivity index (χ3n) is 3.48. The smallest absolute Gasteiger partial charge is 0.271 e. The summed E-state index contributed by atoms with van der Waals surface area (Å²) in [7, 11) is 1.68. The van der Waals surface area contributed by atoms with E-state index in [1.165, 1.54) is 27.7 Å². The van der Waals surface area contributed by atoms with E-state index >= 15 is 0 Å². The molecule has 5 nitrogen and oxygen atoms in total. The normalized spacial score (nSPS) is 11.0. The van der Waals surface area contributed by atoms with Gasteiger partial charge < -0.3 is 5.32 Å². The minimum absolute atomic E-state index is 0.0767. The molecule has 0 aliphatic rings. The molecule has 0 unspecified atom stereocenters. The van der Waals surface area contributed by atoms with E-state index in [0.717, 1.165) is 16.8 Å². The van der Waals surface area contributed by atoms with E-state index in [1.807, 2.05) is 37.4 Å². The number of hydrogen-bond acceptors (Lipinski definition) is 5. The van der Waals surface area contributed by atoms with Crippen molar-refractivity contribution in [3.63, 3.8) is 0 Å². The average Bonchev–Trinajstić information content (AvgIpc) is 2.97. The van der Waals surface area contributed by atoms with Crippen LogP contribution in [0.3, 0.4) is 0 Å². The lowest BCUT2D eigenvalue weighted by molar-refractivity contribution is -0.113. The molecule has 2 heterocycles. The van der Waals surface area contributed by atoms with Crippen LogP contribution in [0.25, 0.3) is 10.2 Å². The van der Waals surface area contributed by atoms with Crippen LogP contribution in [0.15, 0.2) is 39.6 Å². The Morgan fingerprint density at radius 3 is 2.71 bits per heavy atom. The molecule has 0 bridgehead atoms. The van der Waals surface area contributed by atoms with Gasteiger partial charge in [0.25, 0.3) is 5.56 Å². The van der Waals surface area contributed by atoms with Gasteiger partial charge in [0.2, 0.25) is 5.91 Å². The molecule has 0 saturated carbocycles. The van der Waals surface area contributed by atoms with Crippen molar-refractivity contribution in [2.75, 3.05) is 11.1 Å². The van der Waals surface area contributed by atoms with Crippen LogP contribution in [0.5, 0.6) is 0 Å². The summed E-state index contributed by atoms with van der Waals surface area (Å²) in [4.78, 5) is 28.9. The monoisotopic (exact) mass is 359 g/mol. The molecule has 0 saturated heterocycles. The minimum Gasteiger partial charge on any atom is -0.325 e. The van der Waals surface area contributed by atoms with Gasteiger partial charge in [-0.2, -0.15) is 0 Å². The molecule has 7 heteroatoms. The molecule has 1 N–H and O–H groups in total. The first-order chi connectivity index (χ1) is 11.4. The van der Waals surface area contributed by atoms with Gasteiger partial charge in [0.15, 0.2) is 5.16 Å². The number of hydrogen-bond donors (Lipinski definition) is 1. The molecule has 2 aromatic heterocycles. The summed E-state index contributed by atoms with van der Waals surface area (Å²) in [5, 5.41) is 5.28. The number of thiophene rings is 1. The Bertz CT molecular complexity index is 955. The van der Waals surface area contributed by atoms with Crippen molar-refractivity contribution in [1.82, 2.24) is 9.55 Å². The largest absolute Gasteiger partial charge is 0.325 e.